The molecule has 0 radical (unpaired) electrons. The van der Waals surface area contributed by atoms with Crippen molar-refractivity contribution < 1.29 is 22.7 Å². The van der Waals surface area contributed by atoms with Gasteiger partial charge in [0.2, 0.25) is 0 Å². The minimum atomic E-state index is -4.74. The molecule has 2 N–H and O–H groups in total. The molecule has 6 nitrogen and oxygen atoms in total. The molecular weight excluding hydrogens is 342 g/mol. The molecule has 0 saturated heterocycles. The van der Waals surface area contributed by atoms with Crippen molar-refractivity contribution in [3.05, 3.63) is 53.2 Å². The number of rotatable bonds is 4. The van der Waals surface area contributed by atoms with Gasteiger partial charge in [-0.25, -0.2) is 9.37 Å². The van der Waals surface area contributed by atoms with Gasteiger partial charge in [0, 0.05) is 6.07 Å². The van der Waals surface area contributed by atoms with Gasteiger partial charge in [-0.3, -0.25) is 0 Å². The van der Waals surface area contributed by atoms with Crippen LogP contribution in [-0.4, -0.2) is 24.7 Å². The molecule has 25 heavy (non-hydrogen) atoms. The van der Waals surface area contributed by atoms with Gasteiger partial charge in [0.1, 0.15) is 18.0 Å². The van der Waals surface area contributed by atoms with Crippen molar-refractivity contribution in [1.82, 2.24) is 19.6 Å². The number of aliphatic hydroxyl groups excluding tert-OH is 1. The average molecular weight is 355 g/mol. The van der Waals surface area contributed by atoms with E-state index in [1.54, 1.807) is 6.92 Å². The molecule has 0 spiro atoms. The lowest BCUT2D eigenvalue weighted by atomic mass is 10.1. The van der Waals surface area contributed by atoms with E-state index in [0.29, 0.717) is 23.1 Å². The second-order valence-electron chi connectivity index (χ2n) is 5.37. The van der Waals surface area contributed by atoms with Crippen LogP contribution in [0.4, 0.5) is 23.4 Å². The maximum Gasteiger partial charge on any atom is 0.419 e. The van der Waals surface area contributed by atoms with Crippen molar-refractivity contribution in [3.63, 3.8) is 0 Å². The van der Waals surface area contributed by atoms with Crippen molar-refractivity contribution >= 4 is 11.6 Å². The van der Waals surface area contributed by atoms with Gasteiger partial charge in [0.15, 0.2) is 0 Å². The zero-order valence-electron chi connectivity index (χ0n) is 12.9. The van der Waals surface area contributed by atoms with Crippen LogP contribution >= 0.6 is 0 Å². The van der Waals surface area contributed by atoms with Gasteiger partial charge in [0.25, 0.3) is 5.78 Å². The number of aromatic nitrogens is 4. The van der Waals surface area contributed by atoms with Gasteiger partial charge < -0.3 is 10.4 Å². The smallest absolute Gasteiger partial charge is 0.390 e. The van der Waals surface area contributed by atoms with Gasteiger partial charge in [-0.05, 0) is 24.6 Å². The van der Waals surface area contributed by atoms with Crippen LogP contribution in [0.5, 0.6) is 0 Å². The molecule has 1 aromatic carbocycles. The lowest BCUT2D eigenvalue weighted by Gasteiger charge is -2.18. The molecule has 2 heterocycles. The second kappa shape index (κ2) is 6.28. The first-order chi connectivity index (χ1) is 11.8. The van der Waals surface area contributed by atoms with E-state index in [1.165, 1.54) is 23.0 Å². The number of benzene rings is 1. The largest absolute Gasteiger partial charge is 0.419 e. The Morgan fingerprint density at radius 1 is 1.28 bits per heavy atom. The molecule has 0 saturated carbocycles. The summed E-state index contributed by atoms with van der Waals surface area (Å²) in [5.74, 6) is -0.672. The highest BCUT2D eigenvalue weighted by Gasteiger charge is 2.34. The molecular formula is C15H13F4N5O. The van der Waals surface area contributed by atoms with Gasteiger partial charge >= 0.3 is 6.18 Å². The zero-order valence-corrected chi connectivity index (χ0v) is 12.9. The summed E-state index contributed by atoms with van der Waals surface area (Å²) in [5, 5.41) is 16.2. The summed E-state index contributed by atoms with van der Waals surface area (Å²) in [4.78, 5) is 7.99. The van der Waals surface area contributed by atoms with E-state index in [-0.39, 0.29) is 12.4 Å². The summed E-state index contributed by atoms with van der Waals surface area (Å²) < 4.78 is 53.1. The zero-order chi connectivity index (χ0) is 18.2. The number of hydrogen-bond donors (Lipinski definition) is 2. The van der Waals surface area contributed by atoms with Crippen LogP contribution < -0.4 is 5.32 Å². The summed E-state index contributed by atoms with van der Waals surface area (Å²) in [6.45, 7) is 1.34. The van der Waals surface area contributed by atoms with Crippen LogP contribution in [0.1, 0.15) is 29.8 Å². The Kier molecular flexibility index (Phi) is 4.29. The highest BCUT2D eigenvalue weighted by atomic mass is 19.4. The van der Waals surface area contributed by atoms with Crippen molar-refractivity contribution in [2.45, 2.75) is 25.7 Å². The Bertz CT molecular complexity index is 909. The standard InChI is InChI=1S/C15H13F4N5O/c1-8(9-2-3-11(12(16)4-9)15(17,18)19)22-13-5-10(6-25)23-14-20-7-21-24(13)14/h2-5,7-8,22,25H,6H2,1H3/t8-/m1/s1. The fourth-order valence-corrected chi connectivity index (χ4v) is 2.38. The van der Waals surface area contributed by atoms with Gasteiger partial charge in [0.05, 0.1) is 23.9 Å². The molecule has 1 atom stereocenters. The SMILES string of the molecule is C[C@@H](Nc1cc(CO)nc2ncnn12)c1ccc(C(F)(F)F)c(F)c1. The van der Waals surface area contributed by atoms with E-state index >= 15 is 0 Å². The Morgan fingerprint density at radius 3 is 2.68 bits per heavy atom. The summed E-state index contributed by atoms with van der Waals surface area (Å²) >= 11 is 0. The van der Waals surface area contributed by atoms with Crippen LogP contribution in [0.2, 0.25) is 0 Å². The van der Waals surface area contributed by atoms with Crippen molar-refractivity contribution in [2.24, 2.45) is 0 Å². The van der Waals surface area contributed by atoms with Crippen LogP contribution in [-0.2, 0) is 12.8 Å². The number of aliphatic hydroxyl groups is 1. The number of hydrogen-bond acceptors (Lipinski definition) is 5. The third kappa shape index (κ3) is 3.38. The van der Waals surface area contributed by atoms with E-state index in [0.717, 1.165) is 6.07 Å². The highest BCUT2D eigenvalue weighted by molar-refractivity contribution is 5.46. The first-order valence-electron chi connectivity index (χ1n) is 7.23. The Hall–Kier alpha value is -2.75. The number of anilines is 1. The van der Waals surface area contributed by atoms with Crippen LogP contribution in [0.15, 0.2) is 30.6 Å². The van der Waals surface area contributed by atoms with Gasteiger partial charge in [-0.2, -0.15) is 27.8 Å². The summed E-state index contributed by atoms with van der Waals surface area (Å²) in [5.41, 5.74) is -0.650. The lowest BCUT2D eigenvalue weighted by molar-refractivity contribution is -0.140. The van der Waals surface area contributed by atoms with Crippen molar-refractivity contribution in [3.8, 4) is 0 Å². The normalized spacial score (nSPS) is 13.2. The molecule has 0 fully saturated rings. The quantitative estimate of drug-likeness (QED) is 0.704. The van der Waals surface area contributed by atoms with E-state index in [1.807, 2.05) is 0 Å². The Morgan fingerprint density at radius 2 is 2.04 bits per heavy atom. The topological polar surface area (TPSA) is 75.3 Å². The first kappa shape index (κ1) is 17.1. The van der Waals surface area contributed by atoms with E-state index < -0.39 is 23.6 Å². The Labute approximate surface area is 139 Å². The van der Waals surface area contributed by atoms with E-state index in [2.05, 4.69) is 20.4 Å². The van der Waals surface area contributed by atoms with Crippen LogP contribution in [0, 0.1) is 5.82 Å². The molecule has 132 valence electrons. The fraction of sp³-hybridized carbons (Fsp3) is 0.267. The fourth-order valence-electron chi connectivity index (χ4n) is 2.38. The molecule has 10 heteroatoms. The second-order valence-corrected chi connectivity index (χ2v) is 5.37. The maximum absolute atomic E-state index is 13.7. The molecule has 0 unspecified atom stereocenters. The summed E-state index contributed by atoms with van der Waals surface area (Å²) in [7, 11) is 0. The molecule has 0 amide bonds. The number of alkyl halides is 3. The number of nitrogens with one attached hydrogen (secondary N) is 1. The minimum Gasteiger partial charge on any atom is -0.390 e. The monoisotopic (exact) mass is 355 g/mol. The molecule has 3 rings (SSSR count). The molecule has 3 aromatic rings. The van der Waals surface area contributed by atoms with Gasteiger partial charge in [-0.15, -0.1) is 0 Å². The third-order valence-corrected chi connectivity index (χ3v) is 3.63. The predicted molar refractivity (Wildman–Crippen MR) is 80.1 cm³/mol. The highest BCUT2D eigenvalue weighted by Crippen LogP contribution is 2.32. The lowest BCUT2D eigenvalue weighted by Crippen LogP contribution is -2.14. The average Bonchev–Trinajstić information content (AvgIpc) is 3.02. The number of halogens is 4. The summed E-state index contributed by atoms with van der Waals surface area (Å²) in [6.07, 6.45) is -3.47. The van der Waals surface area contributed by atoms with E-state index in [9.17, 15) is 22.7 Å². The first-order valence-corrected chi connectivity index (χ1v) is 7.23. The maximum atomic E-state index is 13.7. The number of nitrogens with zero attached hydrogens (tertiary/aromatic N) is 4. The molecule has 2 aromatic heterocycles. The molecule has 0 aliphatic rings. The van der Waals surface area contributed by atoms with Gasteiger partial charge in [-0.1, -0.05) is 6.07 Å². The van der Waals surface area contributed by atoms with E-state index in [4.69, 9.17) is 0 Å². The summed E-state index contributed by atoms with van der Waals surface area (Å²) in [6, 6.07) is 3.75. The van der Waals surface area contributed by atoms with Crippen molar-refractivity contribution in [2.75, 3.05) is 5.32 Å². The van der Waals surface area contributed by atoms with Crippen LogP contribution in [0.3, 0.4) is 0 Å². The minimum absolute atomic E-state index is 0.250. The predicted octanol–water partition coefficient (Wildman–Crippen LogP) is 2.95. The van der Waals surface area contributed by atoms with Crippen molar-refractivity contribution in [1.29, 1.82) is 0 Å². The molecule has 0 bridgehead atoms. The molecule has 0 aliphatic carbocycles. The third-order valence-electron chi connectivity index (χ3n) is 3.63. The Balaban J connectivity index is 1.91. The number of fused-ring (bicyclic) bond motifs is 1. The molecule has 0 aliphatic heterocycles. The van der Waals surface area contributed by atoms with Crippen LogP contribution in [0.25, 0.3) is 5.78 Å².